The lowest BCUT2D eigenvalue weighted by molar-refractivity contribution is 0.0994. The molecule has 1 heterocycles. The van der Waals surface area contributed by atoms with Crippen LogP contribution in [0.25, 0.3) is 0 Å². The van der Waals surface area contributed by atoms with E-state index >= 15 is 0 Å². The summed E-state index contributed by atoms with van der Waals surface area (Å²) in [6.07, 6.45) is 0. The summed E-state index contributed by atoms with van der Waals surface area (Å²) in [6, 6.07) is 10.4. The molecule has 19 heavy (non-hydrogen) atoms. The number of benzene rings is 1. The van der Waals surface area contributed by atoms with Crippen LogP contribution in [-0.2, 0) is 0 Å². The molecule has 0 spiro atoms. The van der Waals surface area contributed by atoms with Crippen LogP contribution in [0.5, 0.6) is 5.75 Å². The minimum absolute atomic E-state index is 0.216. The van der Waals surface area contributed by atoms with Gasteiger partial charge in [-0.05, 0) is 31.2 Å². The van der Waals surface area contributed by atoms with Crippen LogP contribution in [0.4, 0.5) is 5.69 Å². The number of furan rings is 1. The van der Waals surface area contributed by atoms with E-state index in [9.17, 15) is 4.79 Å². The number of anilines is 1. The van der Waals surface area contributed by atoms with E-state index in [2.05, 4.69) is 5.32 Å². The van der Waals surface area contributed by atoms with Crippen LogP contribution in [-0.4, -0.2) is 13.0 Å². The van der Waals surface area contributed by atoms with Gasteiger partial charge < -0.3 is 14.5 Å². The third kappa shape index (κ3) is 3.09. The molecular formula is C14H14ClNO3. The Bertz CT molecular complexity index is 578. The number of carbonyl (C=O) groups is 1. The first-order valence-electron chi connectivity index (χ1n) is 5.80. The molecule has 100 valence electrons. The number of hydrogen-bond acceptors (Lipinski definition) is 3. The fraction of sp³-hybridized carbons (Fsp3) is 0.214. The molecule has 1 unspecified atom stereocenters. The Hall–Kier alpha value is -1.94. The summed E-state index contributed by atoms with van der Waals surface area (Å²) in [5, 5.41) is 2.46. The van der Waals surface area contributed by atoms with Crippen molar-refractivity contribution in [2.45, 2.75) is 12.3 Å². The Morgan fingerprint density at radius 2 is 2.05 bits per heavy atom. The van der Waals surface area contributed by atoms with Crippen molar-refractivity contribution >= 4 is 23.2 Å². The highest BCUT2D eigenvalue weighted by atomic mass is 35.5. The molecule has 0 radical (unpaired) electrons. The second-order valence-electron chi connectivity index (χ2n) is 3.97. The lowest BCUT2D eigenvalue weighted by Crippen LogP contribution is -2.11. The Labute approximate surface area is 116 Å². The van der Waals surface area contributed by atoms with Crippen LogP contribution < -0.4 is 10.1 Å². The largest absolute Gasteiger partial charge is 0.495 e. The van der Waals surface area contributed by atoms with Gasteiger partial charge in [-0.15, -0.1) is 11.6 Å². The molecule has 0 fully saturated rings. The van der Waals surface area contributed by atoms with Gasteiger partial charge in [-0.2, -0.15) is 0 Å². The third-order valence-electron chi connectivity index (χ3n) is 2.60. The third-order valence-corrected chi connectivity index (χ3v) is 2.81. The van der Waals surface area contributed by atoms with Gasteiger partial charge in [0.1, 0.15) is 11.5 Å². The molecular weight excluding hydrogens is 266 g/mol. The number of halogens is 1. The summed E-state index contributed by atoms with van der Waals surface area (Å²) in [4.78, 5) is 12.0. The maximum absolute atomic E-state index is 12.0. The van der Waals surface area contributed by atoms with Crippen molar-refractivity contribution in [3.8, 4) is 5.75 Å². The van der Waals surface area contributed by atoms with Gasteiger partial charge in [0.05, 0.1) is 18.2 Å². The number of alkyl halides is 1. The highest BCUT2D eigenvalue weighted by molar-refractivity contribution is 6.20. The molecule has 1 aromatic carbocycles. The first-order chi connectivity index (χ1) is 9.11. The van der Waals surface area contributed by atoms with Gasteiger partial charge in [0.25, 0.3) is 5.91 Å². The molecule has 0 aliphatic rings. The van der Waals surface area contributed by atoms with Crippen molar-refractivity contribution in [2.24, 2.45) is 0 Å². The summed E-state index contributed by atoms with van der Waals surface area (Å²) in [5.74, 6) is 1.03. The predicted octanol–water partition coefficient (Wildman–Crippen LogP) is 3.84. The first-order valence-corrected chi connectivity index (χ1v) is 6.23. The average molecular weight is 280 g/mol. The molecule has 0 aliphatic heterocycles. The number of ether oxygens (including phenoxy) is 1. The summed E-state index contributed by atoms with van der Waals surface area (Å²) in [5.41, 5.74) is 0.590. The van der Waals surface area contributed by atoms with Crippen LogP contribution in [0.3, 0.4) is 0 Å². The zero-order valence-corrected chi connectivity index (χ0v) is 11.4. The van der Waals surface area contributed by atoms with Crippen molar-refractivity contribution in [1.29, 1.82) is 0 Å². The average Bonchev–Trinajstić information content (AvgIpc) is 2.89. The standard InChI is InChI=1S/C14H14ClNO3/c1-9(15)11-7-8-13(19-11)14(17)16-10-5-3-4-6-12(10)18-2/h3-9H,1-2H3,(H,16,17). The van der Waals surface area contributed by atoms with Crippen LogP contribution in [0.15, 0.2) is 40.8 Å². The van der Waals surface area contributed by atoms with E-state index in [4.69, 9.17) is 20.8 Å². The molecule has 2 rings (SSSR count). The molecule has 4 nitrogen and oxygen atoms in total. The fourth-order valence-electron chi connectivity index (χ4n) is 1.62. The number of carbonyl (C=O) groups excluding carboxylic acids is 1. The maximum atomic E-state index is 12.0. The topological polar surface area (TPSA) is 51.5 Å². The molecule has 1 aromatic heterocycles. The Balaban J connectivity index is 2.16. The van der Waals surface area contributed by atoms with E-state index in [0.717, 1.165) is 0 Å². The fourth-order valence-corrected chi connectivity index (χ4v) is 1.74. The maximum Gasteiger partial charge on any atom is 0.291 e. The molecule has 0 aliphatic carbocycles. The van der Waals surface area contributed by atoms with Crippen LogP contribution in [0, 0.1) is 0 Å². The number of methoxy groups -OCH3 is 1. The van der Waals surface area contributed by atoms with Gasteiger partial charge >= 0.3 is 0 Å². The van der Waals surface area contributed by atoms with E-state index in [1.54, 1.807) is 38.3 Å². The number of para-hydroxylation sites is 2. The second kappa shape index (κ2) is 5.80. The molecule has 1 amide bonds. The Morgan fingerprint density at radius 1 is 1.32 bits per heavy atom. The second-order valence-corrected chi connectivity index (χ2v) is 4.63. The highest BCUT2D eigenvalue weighted by Crippen LogP contribution is 2.25. The van der Waals surface area contributed by atoms with Crippen molar-refractivity contribution in [3.05, 3.63) is 47.9 Å². The van der Waals surface area contributed by atoms with Crippen LogP contribution >= 0.6 is 11.6 Å². The van der Waals surface area contributed by atoms with Gasteiger partial charge in [-0.3, -0.25) is 4.79 Å². The van der Waals surface area contributed by atoms with E-state index in [1.807, 2.05) is 12.1 Å². The van der Waals surface area contributed by atoms with E-state index in [0.29, 0.717) is 17.2 Å². The molecule has 2 aromatic rings. The van der Waals surface area contributed by atoms with Gasteiger partial charge in [0.15, 0.2) is 5.76 Å². The van der Waals surface area contributed by atoms with Gasteiger partial charge in [-0.1, -0.05) is 12.1 Å². The van der Waals surface area contributed by atoms with Crippen molar-refractivity contribution in [3.63, 3.8) is 0 Å². The number of hydrogen-bond donors (Lipinski definition) is 1. The van der Waals surface area contributed by atoms with E-state index in [-0.39, 0.29) is 17.0 Å². The lowest BCUT2D eigenvalue weighted by Gasteiger charge is -2.08. The minimum Gasteiger partial charge on any atom is -0.495 e. The van der Waals surface area contributed by atoms with Crippen molar-refractivity contribution in [1.82, 2.24) is 0 Å². The number of nitrogens with one attached hydrogen (secondary N) is 1. The molecule has 1 atom stereocenters. The van der Waals surface area contributed by atoms with Crippen LogP contribution in [0.1, 0.15) is 28.6 Å². The monoisotopic (exact) mass is 279 g/mol. The summed E-state index contributed by atoms with van der Waals surface area (Å²) in [6.45, 7) is 1.78. The zero-order valence-electron chi connectivity index (χ0n) is 10.6. The van der Waals surface area contributed by atoms with Crippen molar-refractivity contribution in [2.75, 3.05) is 12.4 Å². The first kappa shape index (κ1) is 13.5. The van der Waals surface area contributed by atoms with Gasteiger partial charge in [-0.25, -0.2) is 0 Å². The lowest BCUT2D eigenvalue weighted by atomic mass is 10.3. The molecule has 5 heteroatoms. The normalized spacial score (nSPS) is 11.9. The zero-order chi connectivity index (χ0) is 13.8. The quantitative estimate of drug-likeness (QED) is 0.865. The van der Waals surface area contributed by atoms with E-state index < -0.39 is 0 Å². The molecule has 0 saturated heterocycles. The Kier molecular flexibility index (Phi) is 4.12. The summed E-state index contributed by atoms with van der Waals surface area (Å²) >= 11 is 5.88. The predicted molar refractivity (Wildman–Crippen MR) is 73.9 cm³/mol. The van der Waals surface area contributed by atoms with Gasteiger partial charge in [0, 0.05) is 0 Å². The Morgan fingerprint density at radius 3 is 2.68 bits per heavy atom. The number of rotatable bonds is 4. The molecule has 0 bridgehead atoms. The molecule has 0 saturated carbocycles. The number of amides is 1. The van der Waals surface area contributed by atoms with Gasteiger partial charge in [0.2, 0.25) is 0 Å². The van der Waals surface area contributed by atoms with Crippen LogP contribution in [0.2, 0.25) is 0 Å². The molecule has 1 N–H and O–H groups in total. The van der Waals surface area contributed by atoms with Crippen molar-refractivity contribution < 1.29 is 13.9 Å². The summed E-state index contributed by atoms with van der Waals surface area (Å²) in [7, 11) is 1.55. The van der Waals surface area contributed by atoms with E-state index in [1.165, 1.54) is 0 Å². The smallest absolute Gasteiger partial charge is 0.291 e. The summed E-state index contributed by atoms with van der Waals surface area (Å²) < 4.78 is 10.5. The SMILES string of the molecule is COc1ccccc1NC(=O)c1ccc(C(C)Cl)o1. The minimum atomic E-state index is -0.340. The highest BCUT2D eigenvalue weighted by Gasteiger charge is 2.15.